The van der Waals surface area contributed by atoms with Gasteiger partial charge in [0, 0.05) is 17.3 Å². The van der Waals surface area contributed by atoms with Gasteiger partial charge in [-0.05, 0) is 31.9 Å². The number of nitrogens with one attached hydrogen (secondary N) is 1. The lowest BCUT2D eigenvalue weighted by Crippen LogP contribution is -2.36. The molecule has 0 amide bonds. The van der Waals surface area contributed by atoms with E-state index in [1.165, 1.54) is 45.1 Å². The second-order valence-corrected chi connectivity index (χ2v) is 5.52. The first-order valence-electron chi connectivity index (χ1n) is 5.13. The van der Waals surface area contributed by atoms with Crippen LogP contribution in [0.15, 0.2) is 0 Å². The van der Waals surface area contributed by atoms with Crippen molar-refractivity contribution in [3.63, 3.8) is 0 Å². The maximum Gasteiger partial charge on any atom is 0.0281 e. The number of hydrogen-bond acceptors (Lipinski definition) is 2. The summed E-state index contributed by atoms with van der Waals surface area (Å²) in [5.74, 6) is 0. The fraction of sp³-hybridized carbons (Fsp3) is 1.00. The third kappa shape index (κ3) is 1.97. The number of hydrogen-bond donors (Lipinski definition) is 1. The molecule has 2 rings (SSSR count). The van der Waals surface area contributed by atoms with Gasteiger partial charge in [0.05, 0.1) is 0 Å². The first-order valence-corrected chi connectivity index (χ1v) is 6.36. The fourth-order valence-corrected chi connectivity index (χ4v) is 3.01. The number of rotatable bonds is 4. The first kappa shape index (κ1) is 8.89. The zero-order valence-corrected chi connectivity index (χ0v) is 8.75. The van der Waals surface area contributed by atoms with Gasteiger partial charge in [0.25, 0.3) is 0 Å². The van der Waals surface area contributed by atoms with E-state index in [1.54, 1.807) is 0 Å². The van der Waals surface area contributed by atoms with Crippen molar-refractivity contribution in [3.05, 3.63) is 0 Å². The zero-order chi connectivity index (χ0) is 8.44. The molecule has 0 aliphatic heterocycles. The summed E-state index contributed by atoms with van der Waals surface area (Å²) in [6.45, 7) is 1.26. The van der Waals surface area contributed by atoms with Crippen molar-refractivity contribution in [3.8, 4) is 0 Å². The lowest BCUT2D eigenvalue weighted by Gasteiger charge is -2.27. The van der Waals surface area contributed by atoms with Gasteiger partial charge < -0.3 is 5.32 Å². The molecule has 0 spiro atoms. The molecule has 2 saturated carbocycles. The zero-order valence-electron chi connectivity index (χ0n) is 7.94. The first-order chi connectivity index (χ1) is 5.85. The molecule has 1 nitrogen and oxygen atoms in total. The van der Waals surface area contributed by atoms with Crippen molar-refractivity contribution in [1.29, 1.82) is 0 Å². The van der Waals surface area contributed by atoms with Crippen molar-refractivity contribution in [1.82, 2.24) is 5.32 Å². The summed E-state index contributed by atoms with van der Waals surface area (Å²) in [4.78, 5) is 0. The third-order valence-electron chi connectivity index (χ3n) is 3.24. The Balaban J connectivity index is 1.79. The summed E-state index contributed by atoms with van der Waals surface area (Å²) in [6, 6.07) is 0.884. The van der Waals surface area contributed by atoms with E-state index in [0.29, 0.717) is 4.75 Å². The summed E-state index contributed by atoms with van der Waals surface area (Å²) in [6.07, 6.45) is 10.9. The van der Waals surface area contributed by atoms with Crippen LogP contribution in [0.4, 0.5) is 0 Å². The highest BCUT2D eigenvalue weighted by Gasteiger charge is 2.34. The highest BCUT2D eigenvalue weighted by Crippen LogP contribution is 2.40. The molecule has 1 N–H and O–H groups in total. The second kappa shape index (κ2) is 3.59. The van der Waals surface area contributed by atoms with Crippen LogP contribution in [0, 0.1) is 0 Å². The smallest absolute Gasteiger partial charge is 0.0281 e. The van der Waals surface area contributed by atoms with Crippen molar-refractivity contribution < 1.29 is 0 Å². The van der Waals surface area contributed by atoms with Crippen LogP contribution in [0.5, 0.6) is 0 Å². The molecule has 0 radical (unpaired) electrons. The molecule has 0 heterocycles. The van der Waals surface area contributed by atoms with Crippen LogP contribution in [0.1, 0.15) is 38.5 Å². The molecular weight excluding hydrogens is 166 g/mol. The quantitative estimate of drug-likeness (QED) is 0.722. The van der Waals surface area contributed by atoms with Gasteiger partial charge in [-0.15, -0.1) is 0 Å². The molecular formula is C10H19NS. The highest BCUT2D eigenvalue weighted by molar-refractivity contribution is 8.00. The minimum absolute atomic E-state index is 0.614. The van der Waals surface area contributed by atoms with Crippen molar-refractivity contribution >= 4 is 11.8 Å². The molecule has 0 aromatic rings. The van der Waals surface area contributed by atoms with Gasteiger partial charge in [-0.2, -0.15) is 11.8 Å². The Kier molecular flexibility index (Phi) is 2.66. The molecule has 12 heavy (non-hydrogen) atoms. The maximum absolute atomic E-state index is 3.67. The van der Waals surface area contributed by atoms with E-state index in [0.717, 1.165) is 6.04 Å². The summed E-state index contributed by atoms with van der Waals surface area (Å²) < 4.78 is 0.614. The van der Waals surface area contributed by atoms with Crippen LogP contribution >= 0.6 is 11.8 Å². The van der Waals surface area contributed by atoms with Crippen LogP contribution in [0.25, 0.3) is 0 Å². The van der Waals surface area contributed by atoms with E-state index in [-0.39, 0.29) is 0 Å². The van der Waals surface area contributed by atoms with Gasteiger partial charge in [0.2, 0.25) is 0 Å². The van der Waals surface area contributed by atoms with Gasteiger partial charge >= 0.3 is 0 Å². The van der Waals surface area contributed by atoms with Gasteiger partial charge in [-0.25, -0.2) is 0 Å². The van der Waals surface area contributed by atoms with Gasteiger partial charge in [0.1, 0.15) is 0 Å². The van der Waals surface area contributed by atoms with Crippen molar-refractivity contribution in [2.45, 2.75) is 49.3 Å². The van der Waals surface area contributed by atoms with Gasteiger partial charge in [-0.1, -0.05) is 12.8 Å². The highest BCUT2D eigenvalue weighted by atomic mass is 32.2. The monoisotopic (exact) mass is 185 g/mol. The summed E-state index contributed by atoms with van der Waals surface area (Å²) in [5.41, 5.74) is 0. The number of thioether (sulfide) groups is 1. The molecule has 0 saturated heterocycles. The van der Waals surface area contributed by atoms with Crippen LogP contribution in [0.2, 0.25) is 0 Å². The van der Waals surface area contributed by atoms with Crippen LogP contribution < -0.4 is 5.32 Å². The Morgan fingerprint density at radius 1 is 1.33 bits per heavy atom. The van der Waals surface area contributed by atoms with E-state index in [1.807, 2.05) is 0 Å². The normalized spacial score (nSPS) is 27.8. The average molecular weight is 185 g/mol. The van der Waals surface area contributed by atoms with E-state index in [4.69, 9.17) is 0 Å². The molecule has 0 unspecified atom stereocenters. The van der Waals surface area contributed by atoms with Crippen LogP contribution in [-0.4, -0.2) is 23.6 Å². The minimum Gasteiger partial charge on any atom is -0.313 e. The Labute approximate surface area is 79.7 Å². The minimum atomic E-state index is 0.614. The molecule has 0 bridgehead atoms. The Morgan fingerprint density at radius 2 is 2.00 bits per heavy atom. The molecule has 2 fully saturated rings. The summed E-state index contributed by atoms with van der Waals surface area (Å²) >= 11 is 2.09. The van der Waals surface area contributed by atoms with E-state index in [2.05, 4.69) is 23.3 Å². The fourth-order valence-electron chi connectivity index (χ4n) is 2.09. The molecule has 2 aliphatic rings. The molecule has 0 aromatic carbocycles. The standard InChI is InChI=1S/C10H19NS/c1-12-10(6-2-3-7-10)8-11-9-4-5-9/h9,11H,2-8H2,1H3. The second-order valence-electron chi connectivity index (χ2n) is 4.25. The molecule has 0 aromatic heterocycles. The van der Waals surface area contributed by atoms with Crippen LogP contribution in [0.3, 0.4) is 0 Å². The lowest BCUT2D eigenvalue weighted by molar-refractivity contribution is 0.532. The average Bonchev–Trinajstić information content (AvgIpc) is 2.82. The van der Waals surface area contributed by atoms with Crippen LogP contribution in [-0.2, 0) is 0 Å². The Morgan fingerprint density at radius 3 is 2.50 bits per heavy atom. The summed E-state index contributed by atoms with van der Waals surface area (Å²) in [5, 5.41) is 3.67. The molecule has 2 aliphatic carbocycles. The lowest BCUT2D eigenvalue weighted by atomic mass is 10.1. The molecule has 0 atom stereocenters. The van der Waals surface area contributed by atoms with Crippen molar-refractivity contribution in [2.24, 2.45) is 0 Å². The van der Waals surface area contributed by atoms with E-state index < -0.39 is 0 Å². The largest absolute Gasteiger partial charge is 0.313 e. The predicted octanol–water partition coefficient (Wildman–Crippen LogP) is 2.41. The Hall–Kier alpha value is 0.310. The van der Waals surface area contributed by atoms with E-state index >= 15 is 0 Å². The predicted molar refractivity (Wildman–Crippen MR) is 55.7 cm³/mol. The van der Waals surface area contributed by atoms with E-state index in [9.17, 15) is 0 Å². The third-order valence-corrected chi connectivity index (χ3v) is 4.66. The molecule has 2 heteroatoms. The van der Waals surface area contributed by atoms with Gasteiger partial charge in [-0.3, -0.25) is 0 Å². The SMILES string of the molecule is CSC1(CNC2CC2)CCCC1. The van der Waals surface area contributed by atoms with Crippen molar-refractivity contribution in [2.75, 3.05) is 12.8 Å². The maximum atomic E-state index is 3.67. The topological polar surface area (TPSA) is 12.0 Å². The Bertz CT molecular complexity index is 148. The van der Waals surface area contributed by atoms with Gasteiger partial charge in [0.15, 0.2) is 0 Å². The molecule has 70 valence electrons. The summed E-state index contributed by atoms with van der Waals surface area (Å²) in [7, 11) is 0.